The first-order chi connectivity index (χ1) is 16.6. The molecule has 0 atom stereocenters. The molecular formula is C29H22FN3S. The van der Waals surface area contributed by atoms with Gasteiger partial charge in [-0.15, -0.1) is 4.63 Å². The summed E-state index contributed by atoms with van der Waals surface area (Å²) >= 11 is 1.69. The molecule has 0 aliphatic rings. The van der Waals surface area contributed by atoms with Gasteiger partial charge in [-0.3, -0.25) is 0 Å². The molecule has 0 N–H and O–H groups in total. The van der Waals surface area contributed by atoms with E-state index in [1.165, 1.54) is 23.3 Å². The van der Waals surface area contributed by atoms with Crippen molar-refractivity contribution >= 4 is 22.8 Å². The third-order valence-electron chi connectivity index (χ3n) is 6.08. The molecule has 0 bridgehead atoms. The minimum atomic E-state index is -0.248. The van der Waals surface area contributed by atoms with E-state index in [1.54, 1.807) is 11.8 Å². The number of benzene rings is 4. The van der Waals surface area contributed by atoms with E-state index in [-0.39, 0.29) is 5.82 Å². The van der Waals surface area contributed by atoms with Crippen LogP contribution in [0.4, 0.5) is 4.39 Å². The molecule has 2 heterocycles. The van der Waals surface area contributed by atoms with Crippen LogP contribution in [0, 0.1) is 19.7 Å². The molecule has 34 heavy (non-hydrogen) atoms. The molecular weight excluding hydrogens is 441 g/mol. The van der Waals surface area contributed by atoms with Gasteiger partial charge in [0.2, 0.25) is 0 Å². The zero-order valence-electron chi connectivity index (χ0n) is 18.9. The number of hydrogen-bond acceptors (Lipinski definition) is 1. The zero-order chi connectivity index (χ0) is 23.2. The summed E-state index contributed by atoms with van der Waals surface area (Å²) in [5.74, 6) is -0.248. The van der Waals surface area contributed by atoms with Crippen molar-refractivity contribution in [2.45, 2.75) is 23.8 Å². The van der Waals surface area contributed by atoms with Gasteiger partial charge in [0.25, 0.3) is 5.03 Å². The Bertz CT molecular complexity index is 1650. The van der Waals surface area contributed by atoms with Crippen molar-refractivity contribution in [3.63, 3.8) is 0 Å². The molecule has 0 saturated heterocycles. The molecule has 2 aromatic heterocycles. The molecule has 0 aliphatic carbocycles. The Morgan fingerprint density at radius 2 is 1.56 bits per heavy atom. The predicted octanol–water partition coefficient (Wildman–Crippen LogP) is 6.88. The molecule has 3 nitrogen and oxygen atoms in total. The number of nitrogens with zero attached hydrogens (tertiary/aromatic N) is 3. The second kappa shape index (κ2) is 8.19. The monoisotopic (exact) mass is 463 g/mol. The van der Waals surface area contributed by atoms with Crippen LogP contribution in [0.25, 0.3) is 33.4 Å². The van der Waals surface area contributed by atoms with E-state index >= 15 is 0 Å². The van der Waals surface area contributed by atoms with Crippen molar-refractivity contribution in [3.8, 4) is 22.4 Å². The summed E-state index contributed by atoms with van der Waals surface area (Å²) < 4.78 is 18.1. The Kier molecular flexibility index (Phi) is 5.00. The van der Waals surface area contributed by atoms with Crippen LogP contribution in [0.1, 0.15) is 11.1 Å². The highest BCUT2D eigenvalue weighted by atomic mass is 32.2. The summed E-state index contributed by atoms with van der Waals surface area (Å²) in [5, 5.41) is 6.02. The van der Waals surface area contributed by atoms with Gasteiger partial charge in [-0.25, -0.2) is 8.91 Å². The highest BCUT2D eigenvalue weighted by Crippen LogP contribution is 2.42. The van der Waals surface area contributed by atoms with E-state index in [1.807, 2.05) is 53.2 Å². The zero-order valence-corrected chi connectivity index (χ0v) is 19.7. The maximum absolute atomic E-state index is 13.9. The fourth-order valence-corrected chi connectivity index (χ4v) is 5.48. The van der Waals surface area contributed by atoms with Gasteiger partial charge in [-0.2, -0.15) is 5.10 Å². The Morgan fingerprint density at radius 1 is 0.824 bits per heavy atom. The van der Waals surface area contributed by atoms with E-state index in [4.69, 9.17) is 5.10 Å². The maximum atomic E-state index is 13.9. The molecule has 0 saturated carbocycles. The fraction of sp³-hybridized carbons (Fsp3) is 0.0690. The average molecular weight is 464 g/mol. The number of aromatic nitrogens is 3. The maximum Gasteiger partial charge on any atom is 0.273 e. The topological polar surface area (TPSA) is 22.6 Å². The van der Waals surface area contributed by atoms with Gasteiger partial charge in [-0.1, -0.05) is 78.4 Å². The number of aryl methyl sites for hydroxylation is 2. The van der Waals surface area contributed by atoms with Crippen LogP contribution in [-0.2, 0) is 0 Å². The second-order valence-corrected chi connectivity index (χ2v) is 9.52. The lowest BCUT2D eigenvalue weighted by molar-refractivity contribution is -0.708. The van der Waals surface area contributed by atoms with E-state index in [0.29, 0.717) is 0 Å². The van der Waals surface area contributed by atoms with E-state index < -0.39 is 0 Å². The van der Waals surface area contributed by atoms with E-state index in [0.717, 1.165) is 43.3 Å². The molecule has 0 radical (unpaired) electrons. The largest absolute Gasteiger partial charge is 0.273 e. The molecule has 0 fully saturated rings. The highest BCUT2D eigenvalue weighted by molar-refractivity contribution is 7.99. The lowest BCUT2D eigenvalue weighted by atomic mass is 9.96. The molecule has 6 aromatic rings. The smallest absolute Gasteiger partial charge is 0.216 e. The summed E-state index contributed by atoms with van der Waals surface area (Å²) in [6.45, 7) is 4.25. The van der Waals surface area contributed by atoms with Gasteiger partial charge in [0, 0.05) is 21.6 Å². The third kappa shape index (κ3) is 3.40. The molecule has 0 unspecified atom stereocenters. The van der Waals surface area contributed by atoms with Crippen molar-refractivity contribution in [1.82, 2.24) is 9.61 Å². The lowest BCUT2D eigenvalue weighted by Gasteiger charge is -2.11. The first-order valence-corrected chi connectivity index (χ1v) is 12.0. The standard InChI is InChI=1S/C29H22FN3S/c1-19-12-13-20(2)24(18-19)27-28(21-14-16-22(30)17-15-21)32-26-11-7-6-10-25(26)31-33(32)29(27)34-23-8-4-3-5-9-23/h3-18H,1-2H3. The van der Waals surface area contributed by atoms with Gasteiger partial charge < -0.3 is 0 Å². The SMILES string of the molecule is Cc1ccc(C)c(-c2c(-c3ccc(F)cc3)n3c4ccccc4[n-][n+]3c2Sc2ccccc2)c1. The first kappa shape index (κ1) is 20.8. The van der Waals surface area contributed by atoms with Crippen molar-refractivity contribution < 1.29 is 9.02 Å². The Labute approximate surface area is 201 Å². The molecule has 0 aliphatic heterocycles. The summed E-state index contributed by atoms with van der Waals surface area (Å²) in [5.41, 5.74) is 8.48. The number of halogens is 1. The minimum absolute atomic E-state index is 0.248. The summed E-state index contributed by atoms with van der Waals surface area (Å²) in [6.07, 6.45) is 0. The van der Waals surface area contributed by atoms with Crippen molar-refractivity contribution in [3.05, 3.63) is 114 Å². The van der Waals surface area contributed by atoms with E-state index in [9.17, 15) is 4.39 Å². The van der Waals surface area contributed by atoms with Crippen LogP contribution in [0.5, 0.6) is 0 Å². The number of hydrogen-bond donors (Lipinski definition) is 0. The molecule has 166 valence electrons. The van der Waals surface area contributed by atoms with Gasteiger partial charge in [0.1, 0.15) is 5.82 Å². The Hall–Kier alpha value is -3.83. The van der Waals surface area contributed by atoms with Gasteiger partial charge >= 0.3 is 0 Å². The summed E-state index contributed by atoms with van der Waals surface area (Å²) in [6, 6.07) is 31.8. The summed E-state index contributed by atoms with van der Waals surface area (Å²) in [7, 11) is 0. The van der Waals surface area contributed by atoms with Crippen molar-refractivity contribution in [2.75, 3.05) is 0 Å². The predicted molar refractivity (Wildman–Crippen MR) is 135 cm³/mol. The number of fused-ring (bicyclic) bond motifs is 3. The van der Waals surface area contributed by atoms with Crippen LogP contribution in [0.15, 0.2) is 107 Å². The van der Waals surface area contributed by atoms with Crippen LogP contribution in [-0.4, -0.2) is 4.52 Å². The van der Waals surface area contributed by atoms with Crippen molar-refractivity contribution in [1.29, 1.82) is 0 Å². The van der Waals surface area contributed by atoms with E-state index in [2.05, 4.69) is 54.8 Å². The van der Waals surface area contributed by atoms with Crippen LogP contribution >= 0.6 is 11.8 Å². The second-order valence-electron chi connectivity index (χ2n) is 8.46. The molecule has 4 aromatic carbocycles. The van der Waals surface area contributed by atoms with Crippen molar-refractivity contribution in [2.24, 2.45) is 0 Å². The summed E-state index contributed by atoms with van der Waals surface area (Å²) in [4.78, 5) is 1.13. The molecule has 5 heteroatoms. The van der Waals surface area contributed by atoms with Gasteiger partial charge in [0.15, 0.2) is 0 Å². The highest BCUT2D eigenvalue weighted by Gasteiger charge is 2.28. The Balaban J connectivity index is 1.78. The Morgan fingerprint density at radius 3 is 2.35 bits per heavy atom. The number of para-hydroxylation sites is 1. The van der Waals surface area contributed by atoms with Crippen LogP contribution in [0.2, 0.25) is 0 Å². The van der Waals surface area contributed by atoms with Crippen LogP contribution in [0.3, 0.4) is 0 Å². The quantitative estimate of drug-likeness (QED) is 0.266. The third-order valence-corrected chi connectivity index (χ3v) is 7.15. The van der Waals surface area contributed by atoms with Gasteiger partial charge in [-0.05, 0) is 66.6 Å². The lowest BCUT2D eigenvalue weighted by Crippen LogP contribution is -2.32. The minimum Gasteiger partial charge on any atom is -0.216 e. The number of rotatable bonds is 4. The normalized spacial score (nSPS) is 11.5. The molecule has 0 amide bonds. The molecule has 6 rings (SSSR count). The fourth-order valence-electron chi connectivity index (χ4n) is 4.45. The van der Waals surface area contributed by atoms with Crippen LogP contribution < -0.4 is 9.73 Å². The first-order valence-electron chi connectivity index (χ1n) is 11.2. The van der Waals surface area contributed by atoms with Gasteiger partial charge in [0.05, 0.1) is 5.56 Å². The molecule has 0 spiro atoms. The average Bonchev–Trinajstić information content (AvgIpc) is 3.37.